The van der Waals surface area contributed by atoms with Crippen LogP contribution in [0.5, 0.6) is 0 Å². The van der Waals surface area contributed by atoms with Gasteiger partial charge in [-0.25, -0.2) is 14.4 Å². The van der Waals surface area contributed by atoms with E-state index in [1.807, 2.05) is 13.8 Å². The first kappa shape index (κ1) is 24.6. The topological polar surface area (TPSA) is 117 Å². The third kappa shape index (κ3) is 4.98. The van der Waals surface area contributed by atoms with E-state index in [1.165, 1.54) is 0 Å². The monoisotopic (exact) mass is 476 g/mol. The molecule has 178 valence electrons. The number of carbonyl (C=O) groups is 4. The first-order valence-corrected chi connectivity index (χ1v) is 11.5. The van der Waals surface area contributed by atoms with Gasteiger partial charge in [-0.15, -0.1) is 0 Å². The lowest BCUT2D eigenvalue weighted by Crippen LogP contribution is -2.50. The summed E-state index contributed by atoms with van der Waals surface area (Å²) in [4.78, 5) is 52.6. The van der Waals surface area contributed by atoms with Crippen molar-refractivity contribution in [2.75, 3.05) is 13.2 Å². The summed E-state index contributed by atoms with van der Waals surface area (Å²) in [7, 11) is 0. The summed E-state index contributed by atoms with van der Waals surface area (Å²) < 4.78 is 5.24. The second kappa shape index (κ2) is 10.2. The number of halogens is 1. The normalized spacial score (nSPS) is 19.8. The van der Waals surface area contributed by atoms with E-state index < -0.39 is 29.6 Å². The number of hydrogen-bond acceptors (Lipinski definition) is 5. The Labute approximate surface area is 197 Å². The molecule has 0 saturated carbocycles. The highest BCUT2D eigenvalue weighted by atomic mass is 35.5. The number of hydrogen-bond donors (Lipinski definition) is 3. The Hall–Kier alpha value is -3.07. The van der Waals surface area contributed by atoms with Crippen LogP contribution in [-0.2, 0) is 14.3 Å². The molecule has 1 saturated heterocycles. The highest BCUT2D eigenvalue weighted by Crippen LogP contribution is 2.32. The average molecular weight is 477 g/mol. The molecule has 0 aliphatic carbocycles. The molecular weight excluding hydrogens is 448 g/mol. The van der Waals surface area contributed by atoms with Crippen molar-refractivity contribution in [2.24, 2.45) is 0 Å². The molecule has 33 heavy (non-hydrogen) atoms. The molecule has 5 amide bonds. The summed E-state index contributed by atoms with van der Waals surface area (Å²) in [5.41, 5.74) is -0.0943. The molecule has 3 N–H and O–H groups in total. The second-order valence-corrected chi connectivity index (χ2v) is 8.54. The van der Waals surface area contributed by atoms with Gasteiger partial charge >= 0.3 is 18.0 Å². The molecular formula is C23H29ClN4O5. The van der Waals surface area contributed by atoms with Crippen LogP contribution >= 0.6 is 11.6 Å². The van der Waals surface area contributed by atoms with Crippen LogP contribution in [0.25, 0.3) is 0 Å². The lowest BCUT2D eigenvalue weighted by molar-refractivity contribution is -0.139. The number of benzene rings is 1. The third-order valence-corrected chi connectivity index (χ3v) is 6.02. The standard InChI is InChI=1S/C23H29ClN4O5/c1-4-11-23(12-5-2)20(30)28(22(32)27-23)13-16-17(19(29)33-6-3)18(26-21(31)25-16)14-7-9-15(24)10-8-14/h7-10,18H,4-6,11-13H2,1-3H3,(H,27,32)(H2,25,26,31). The summed E-state index contributed by atoms with van der Waals surface area (Å²) in [6.07, 6.45) is 2.45. The Morgan fingerprint density at radius 2 is 1.73 bits per heavy atom. The Morgan fingerprint density at radius 3 is 2.30 bits per heavy atom. The van der Waals surface area contributed by atoms with Crippen LogP contribution in [0.2, 0.25) is 5.02 Å². The van der Waals surface area contributed by atoms with Gasteiger partial charge in [-0.2, -0.15) is 0 Å². The summed E-state index contributed by atoms with van der Waals surface area (Å²) >= 11 is 5.99. The first-order chi connectivity index (χ1) is 15.8. The number of carbonyl (C=O) groups excluding carboxylic acids is 4. The lowest BCUT2D eigenvalue weighted by Gasteiger charge is -2.31. The molecule has 2 aliphatic rings. The Bertz CT molecular complexity index is 970. The van der Waals surface area contributed by atoms with E-state index in [2.05, 4.69) is 16.0 Å². The third-order valence-electron chi connectivity index (χ3n) is 5.77. The SMILES string of the molecule is CCCC1(CCC)NC(=O)N(CC2=C(C(=O)OCC)C(c3ccc(Cl)cc3)NC(=O)N2)C1=O. The van der Waals surface area contributed by atoms with E-state index in [-0.39, 0.29) is 30.3 Å². The number of nitrogens with zero attached hydrogens (tertiary/aromatic N) is 1. The van der Waals surface area contributed by atoms with Crippen molar-refractivity contribution in [3.05, 3.63) is 46.1 Å². The van der Waals surface area contributed by atoms with E-state index in [0.29, 0.717) is 23.4 Å². The number of esters is 1. The maximum atomic E-state index is 13.3. The molecule has 1 aromatic carbocycles. The van der Waals surface area contributed by atoms with Gasteiger partial charge in [0.05, 0.1) is 30.5 Å². The van der Waals surface area contributed by atoms with Crippen molar-refractivity contribution in [3.63, 3.8) is 0 Å². The number of rotatable bonds is 9. The molecule has 0 bridgehead atoms. The van der Waals surface area contributed by atoms with Gasteiger partial charge in [0.25, 0.3) is 5.91 Å². The average Bonchev–Trinajstić information content (AvgIpc) is 2.98. The largest absolute Gasteiger partial charge is 0.463 e. The molecule has 1 unspecified atom stereocenters. The smallest absolute Gasteiger partial charge is 0.338 e. The van der Waals surface area contributed by atoms with Crippen LogP contribution < -0.4 is 16.0 Å². The Balaban J connectivity index is 2.03. The van der Waals surface area contributed by atoms with Gasteiger partial charge in [-0.3, -0.25) is 9.69 Å². The maximum Gasteiger partial charge on any atom is 0.338 e. The second-order valence-electron chi connectivity index (χ2n) is 8.10. The predicted molar refractivity (Wildman–Crippen MR) is 122 cm³/mol. The molecule has 1 atom stereocenters. The Morgan fingerprint density at radius 1 is 1.09 bits per heavy atom. The van der Waals surface area contributed by atoms with E-state index >= 15 is 0 Å². The van der Waals surface area contributed by atoms with E-state index in [4.69, 9.17) is 16.3 Å². The van der Waals surface area contributed by atoms with Gasteiger partial charge in [0, 0.05) is 5.02 Å². The van der Waals surface area contributed by atoms with Gasteiger partial charge in [-0.05, 0) is 37.5 Å². The van der Waals surface area contributed by atoms with Crippen LogP contribution in [-0.4, -0.2) is 47.5 Å². The minimum Gasteiger partial charge on any atom is -0.463 e. The van der Waals surface area contributed by atoms with Crippen molar-refractivity contribution >= 4 is 35.5 Å². The van der Waals surface area contributed by atoms with Crippen LogP contribution in [0.3, 0.4) is 0 Å². The van der Waals surface area contributed by atoms with Gasteiger partial charge in [0.15, 0.2) is 0 Å². The molecule has 1 aromatic rings. The fourth-order valence-corrected chi connectivity index (χ4v) is 4.52. The summed E-state index contributed by atoms with van der Waals surface area (Å²) in [6.45, 7) is 5.43. The van der Waals surface area contributed by atoms with Crippen LogP contribution in [0.1, 0.15) is 58.1 Å². The van der Waals surface area contributed by atoms with E-state index in [1.54, 1.807) is 31.2 Å². The predicted octanol–water partition coefficient (Wildman–Crippen LogP) is 3.40. The van der Waals surface area contributed by atoms with Crippen LogP contribution in [0.4, 0.5) is 9.59 Å². The summed E-state index contributed by atoms with van der Waals surface area (Å²) in [5, 5.41) is 8.67. The maximum absolute atomic E-state index is 13.3. The van der Waals surface area contributed by atoms with Crippen molar-refractivity contribution in [2.45, 2.75) is 58.0 Å². The number of ether oxygens (including phenoxy) is 1. The molecule has 9 nitrogen and oxygen atoms in total. The van der Waals surface area contributed by atoms with Gasteiger partial charge in [0.1, 0.15) is 5.54 Å². The molecule has 2 aliphatic heterocycles. The zero-order chi connectivity index (χ0) is 24.2. The van der Waals surface area contributed by atoms with Gasteiger partial charge in [0.2, 0.25) is 0 Å². The van der Waals surface area contributed by atoms with Crippen molar-refractivity contribution in [1.29, 1.82) is 0 Å². The lowest BCUT2D eigenvalue weighted by atomic mass is 9.88. The van der Waals surface area contributed by atoms with Crippen molar-refractivity contribution < 1.29 is 23.9 Å². The van der Waals surface area contributed by atoms with E-state index in [9.17, 15) is 19.2 Å². The van der Waals surface area contributed by atoms with Gasteiger partial charge < -0.3 is 20.7 Å². The number of amides is 5. The minimum absolute atomic E-state index is 0.121. The fraction of sp³-hybridized carbons (Fsp3) is 0.478. The quantitative estimate of drug-likeness (QED) is 0.373. The highest BCUT2D eigenvalue weighted by Gasteiger charge is 2.50. The summed E-state index contributed by atoms with van der Waals surface area (Å²) in [6, 6.07) is 4.74. The van der Waals surface area contributed by atoms with Crippen LogP contribution in [0.15, 0.2) is 35.5 Å². The molecule has 2 heterocycles. The molecule has 0 radical (unpaired) electrons. The number of imide groups is 1. The molecule has 10 heteroatoms. The van der Waals surface area contributed by atoms with Crippen LogP contribution in [0, 0.1) is 0 Å². The fourth-order valence-electron chi connectivity index (χ4n) is 4.39. The zero-order valence-corrected chi connectivity index (χ0v) is 19.8. The zero-order valence-electron chi connectivity index (χ0n) is 19.0. The van der Waals surface area contributed by atoms with E-state index in [0.717, 1.165) is 17.7 Å². The first-order valence-electron chi connectivity index (χ1n) is 11.1. The van der Waals surface area contributed by atoms with Crippen molar-refractivity contribution in [3.8, 4) is 0 Å². The van der Waals surface area contributed by atoms with Gasteiger partial charge in [-0.1, -0.05) is 50.4 Å². The molecule has 0 spiro atoms. The van der Waals surface area contributed by atoms with Crippen molar-refractivity contribution in [1.82, 2.24) is 20.9 Å². The highest BCUT2D eigenvalue weighted by molar-refractivity contribution is 6.30. The molecule has 0 aromatic heterocycles. The Kier molecular flexibility index (Phi) is 7.63. The number of nitrogens with one attached hydrogen (secondary N) is 3. The summed E-state index contributed by atoms with van der Waals surface area (Å²) in [5.74, 6) is -1.01. The number of urea groups is 2. The molecule has 1 fully saturated rings. The molecule has 3 rings (SSSR count). The minimum atomic E-state index is -0.974.